The number of nitrogens with zero attached hydrogens (tertiary/aromatic N) is 2. The molecule has 1 atom stereocenters. The van der Waals surface area contributed by atoms with E-state index < -0.39 is 0 Å². The van der Waals surface area contributed by atoms with Crippen molar-refractivity contribution in [2.75, 3.05) is 13.2 Å². The van der Waals surface area contributed by atoms with Gasteiger partial charge in [0, 0.05) is 18.1 Å². The molecule has 1 heterocycles. The molecule has 0 aliphatic heterocycles. The number of aromatic nitrogens is 2. The van der Waals surface area contributed by atoms with Gasteiger partial charge in [-0.25, -0.2) is 4.98 Å². The summed E-state index contributed by atoms with van der Waals surface area (Å²) in [5.41, 5.74) is -0.161. The molecule has 1 unspecified atom stereocenters. The van der Waals surface area contributed by atoms with Crippen molar-refractivity contribution in [1.29, 1.82) is 0 Å². The van der Waals surface area contributed by atoms with E-state index in [4.69, 9.17) is 21.1 Å². The first-order valence-corrected chi connectivity index (χ1v) is 6.50. The molecule has 5 heteroatoms. The summed E-state index contributed by atoms with van der Waals surface area (Å²) in [7, 11) is 0. The third-order valence-corrected chi connectivity index (χ3v) is 2.41. The molecule has 0 spiro atoms. The third-order valence-electron chi connectivity index (χ3n) is 2.22. The fraction of sp³-hybridized carbons (Fsp3) is 0.692. The highest BCUT2D eigenvalue weighted by atomic mass is 35.5. The molecule has 0 saturated heterocycles. The molecule has 1 aromatic heterocycles. The van der Waals surface area contributed by atoms with Gasteiger partial charge in [0.2, 0.25) is 5.88 Å². The highest BCUT2D eigenvalue weighted by molar-refractivity contribution is 6.29. The monoisotopic (exact) mass is 272 g/mol. The lowest BCUT2D eigenvalue weighted by atomic mass is 9.96. The molecular formula is C13H21ClN2O2. The molecule has 0 N–H and O–H groups in total. The predicted molar refractivity (Wildman–Crippen MR) is 72.3 cm³/mol. The maximum atomic E-state index is 5.98. The standard InChI is InChI=1S/C13H21ClN2O2/c1-6-17-8-9(2)18-11-7-10(14)15-12(16-11)13(3,4)5/h7,9H,6,8H2,1-5H3. The lowest BCUT2D eigenvalue weighted by Gasteiger charge is -2.19. The van der Waals surface area contributed by atoms with Gasteiger partial charge in [-0.05, 0) is 13.8 Å². The highest BCUT2D eigenvalue weighted by Crippen LogP contribution is 2.23. The molecule has 0 fully saturated rings. The van der Waals surface area contributed by atoms with E-state index >= 15 is 0 Å². The fourth-order valence-corrected chi connectivity index (χ4v) is 1.49. The summed E-state index contributed by atoms with van der Waals surface area (Å²) in [6.07, 6.45) is -0.0660. The fourth-order valence-electron chi connectivity index (χ4n) is 1.32. The smallest absolute Gasteiger partial charge is 0.218 e. The Bertz CT molecular complexity index is 391. The van der Waals surface area contributed by atoms with Crippen molar-refractivity contribution in [3.05, 3.63) is 17.0 Å². The minimum atomic E-state index is -0.161. The van der Waals surface area contributed by atoms with Crippen molar-refractivity contribution in [3.63, 3.8) is 0 Å². The van der Waals surface area contributed by atoms with Gasteiger partial charge in [-0.1, -0.05) is 32.4 Å². The Balaban J connectivity index is 2.80. The first-order chi connectivity index (χ1) is 8.32. The second-order valence-corrected chi connectivity index (χ2v) is 5.58. The Morgan fingerprint density at radius 1 is 1.33 bits per heavy atom. The number of hydrogen-bond donors (Lipinski definition) is 0. The summed E-state index contributed by atoms with van der Waals surface area (Å²) in [4.78, 5) is 8.60. The van der Waals surface area contributed by atoms with Crippen molar-refractivity contribution in [2.24, 2.45) is 0 Å². The zero-order valence-electron chi connectivity index (χ0n) is 11.7. The maximum absolute atomic E-state index is 5.98. The zero-order chi connectivity index (χ0) is 13.8. The van der Waals surface area contributed by atoms with Crippen LogP contribution in [0.5, 0.6) is 5.88 Å². The zero-order valence-corrected chi connectivity index (χ0v) is 12.4. The molecular weight excluding hydrogens is 252 g/mol. The van der Waals surface area contributed by atoms with E-state index in [1.54, 1.807) is 6.07 Å². The van der Waals surface area contributed by atoms with E-state index in [2.05, 4.69) is 9.97 Å². The molecule has 1 aromatic rings. The van der Waals surface area contributed by atoms with Crippen LogP contribution in [-0.4, -0.2) is 29.3 Å². The summed E-state index contributed by atoms with van der Waals surface area (Å²) in [5, 5.41) is 0.397. The normalized spacial score (nSPS) is 13.4. The SMILES string of the molecule is CCOCC(C)Oc1cc(Cl)nc(C(C)(C)C)n1. The maximum Gasteiger partial charge on any atom is 0.218 e. The lowest BCUT2D eigenvalue weighted by molar-refractivity contribution is 0.0630. The van der Waals surface area contributed by atoms with Crippen molar-refractivity contribution >= 4 is 11.6 Å². The van der Waals surface area contributed by atoms with Crippen molar-refractivity contribution < 1.29 is 9.47 Å². The predicted octanol–water partition coefficient (Wildman–Crippen LogP) is 3.23. The molecule has 102 valence electrons. The Labute approximate surface area is 114 Å². The molecule has 4 nitrogen and oxygen atoms in total. The van der Waals surface area contributed by atoms with Gasteiger partial charge >= 0.3 is 0 Å². The molecule has 0 amide bonds. The number of rotatable bonds is 5. The summed E-state index contributed by atoms with van der Waals surface area (Å²) >= 11 is 5.98. The number of ether oxygens (including phenoxy) is 2. The minimum Gasteiger partial charge on any atom is -0.472 e. The van der Waals surface area contributed by atoms with Gasteiger partial charge in [-0.2, -0.15) is 4.98 Å². The first kappa shape index (κ1) is 15.2. The Hall–Kier alpha value is -0.870. The van der Waals surface area contributed by atoms with Crippen LogP contribution in [0.15, 0.2) is 6.07 Å². The van der Waals surface area contributed by atoms with Crippen molar-refractivity contribution in [1.82, 2.24) is 9.97 Å². The number of hydrogen-bond acceptors (Lipinski definition) is 4. The van der Waals surface area contributed by atoms with E-state index in [9.17, 15) is 0 Å². The van der Waals surface area contributed by atoms with Crippen LogP contribution in [0.1, 0.15) is 40.4 Å². The van der Waals surface area contributed by atoms with Crippen LogP contribution < -0.4 is 4.74 Å². The van der Waals surface area contributed by atoms with Gasteiger partial charge in [-0.3, -0.25) is 0 Å². The third kappa shape index (κ3) is 4.78. The summed E-state index contributed by atoms with van der Waals surface area (Å²) in [6.45, 7) is 11.2. The summed E-state index contributed by atoms with van der Waals surface area (Å²) in [6, 6.07) is 1.62. The van der Waals surface area contributed by atoms with Crippen LogP contribution in [0.25, 0.3) is 0 Å². The van der Waals surface area contributed by atoms with Gasteiger partial charge in [0.1, 0.15) is 17.1 Å². The van der Waals surface area contributed by atoms with Gasteiger partial charge in [0.25, 0.3) is 0 Å². The van der Waals surface area contributed by atoms with Gasteiger partial charge < -0.3 is 9.47 Å². The highest BCUT2D eigenvalue weighted by Gasteiger charge is 2.19. The molecule has 0 aliphatic rings. The Morgan fingerprint density at radius 2 is 2.00 bits per heavy atom. The molecule has 0 aromatic carbocycles. The Morgan fingerprint density at radius 3 is 2.56 bits per heavy atom. The quantitative estimate of drug-likeness (QED) is 0.772. The average Bonchev–Trinajstić information content (AvgIpc) is 2.24. The van der Waals surface area contributed by atoms with Gasteiger partial charge in [-0.15, -0.1) is 0 Å². The molecule has 18 heavy (non-hydrogen) atoms. The molecule has 0 radical (unpaired) electrons. The van der Waals surface area contributed by atoms with Crippen molar-refractivity contribution in [2.45, 2.75) is 46.1 Å². The van der Waals surface area contributed by atoms with Crippen LogP contribution in [0.3, 0.4) is 0 Å². The van der Waals surface area contributed by atoms with Crippen LogP contribution >= 0.6 is 11.6 Å². The largest absolute Gasteiger partial charge is 0.472 e. The van der Waals surface area contributed by atoms with E-state index in [0.717, 1.165) is 0 Å². The van der Waals surface area contributed by atoms with Crippen LogP contribution in [-0.2, 0) is 10.2 Å². The van der Waals surface area contributed by atoms with Crippen LogP contribution in [0.4, 0.5) is 0 Å². The topological polar surface area (TPSA) is 44.2 Å². The van der Waals surface area contributed by atoms with E-state index in [-0.39, 0.29) is 11.5 Å². The van der Waals surface area contributed by atoms with Crippen molar-refractivity contribution in [3.8, 4) is 5.88 Å². The van der Waals surface area contributed by atoms with Crippen LogP contribution in [0.2, 0.25) is 5.15 Å². The van der Waals surface area contributed by atoms with Gasteiger partial charge in [0.15, 0.2) is 0 Å². The second-order valence-electron chi connectivity index (χ2n) is 5.19. The van der Waals surface area contributed by atoms with Gasteiger partial charge in [0.05, 0.1) is 6.61 Å². The number of halogens is 1. The second kappa shape index (κ2) is 6.34. The summed E-state index contributed by atoms with van der Waals surface area (Å²) < 4.78 is 11.0. The minimum absolute atomic E-state index is 0.0660. The first-order valence-electron chi connectivity index (χ1n) is 6.12. The van der Waals surface area contributed by atoms with E-state index in [0.29, 0.717) is 30.1 Å². The lowest BCUT2D eigenvalue weighted by Crippen LogP contribution is -2.21. The molecule has 0 saturated carbocycles. The van der Waals surface area contributed by atoms with Crippen LogP contribution in [0, 0.1) is 0 Å². The molecule has 0 bridgehead atoms. The van der Waals surface area contributed by atoms with E-state index in [1.165, 1.54) is 0 Å². The van der Waals surface area contributed by atoms with E-state index in [1.807, 2.05) is 34.6 Å². The summed E-state index contributed by atoms with van der Waals surface area (Å²) in [5.74, 6) is 1.17. The Kier molecular flexibility index (Phi) is 5.35. The molecule has 1 rings (SSSR count). The average molecular weight is 273 g/mol. The molecule has 0 aliphatic carbocycles.